The standard InChI is InChI=1S/C9H16O/c1-7(2)9(4)5-8(3)6-10/h6,8H,5H2,1-4H3. The Kier molecular flexibility index (Phi) is 4.01. The molecule has 0 saturated heterocycles. The molecule has 0 bridgehead atoms. The lowest BCUT2D eigenvalue weighted by Crippen LogP contribution is -1.96. The van der Waals surface area contributed by atoms with Crippen LogP contribution in [0.3, 0.4) is 0 Å². The highest BCUT2D eigenvalue weighted by Crippen LogP contribution is 2.12. The minimum Gasteiger partial charge on any atom is -0.303 e. The Hall–Kier alpha value is -0.590. The molecule has 10 heavy (non-hydrogen) atoms. The van der Waals surface area contributed by atoms with E-state index in [-0.39, 0.29) is 5.92 Å². The van der Waals surface area contributed by atoms with Crippen LogP contribution < -0.4 is 0 Å². The molecule has 0 aromatic carbocycles. The van der Waals surface area contributed by atoms with Crippen LogP contribution in [0.5, 0.6) is 0 Å². The predicted molar refractivity (Wildman–Crippen MR) is 43.9 cm³/mol. The monoisotopic (exact) mass is 140 g/mol. The van der Waals surface area contributed by atoms with E-state index in [0.29, 0.717) is 0 Å². The second-order valence-corrected chi connectivity index (χ2v) is 3.10. The van der Waals surface area contributed by atoms with E-state index < -0.39 is 0 Å². The first kappa shape index (κ1) is 9.41. The molecule has 1 nitrogen and oxygen atoms in total. The highest BCUT2D eigenvalue weighted by Gasteiger charge is 2.00. The van der Waals surface area contributed by atoms with Gasteiger partial charge in [-0.1, -0.05) is 18.1 Å². The second-order valence-electron chi connectivity index (χ2n) is 3.10. The molecule has 0 aromatic heterocycles. The maximum Gasteiger partial charge on any atom is 0.123 e. The van der Waals surface area contributed by atoms with E-state index in [9.17, 15) is 4.79 Å². The summed E-state index contributed by atoms with van der Waals surface area (Å²) in [6.45, 7) is 8.18. The fourth-order valence-electron chi connectivity index (χ4n) is 0.735. The van der Waals surface area contributed by atoms with Crippen LogP contribution in [0.15, 0.2) is 11.1 Å². The van der Waals surface area contributed by atoms with Crippen molar-refractivity contribution < 1.29 is 4.79 Å². The zero-order chi connectivity index (χ0) is 8.15. The molecule has 0 heterocycles. The molecule has 0 aliphatic heterocycles. The maximum atomic E-state index is 10.2. The lowest BCUT2D eigenvalue weighted by Gasteiger charge is -2.04. The lowest BCUT2D eigenvalue weighted by molar-refractivity contribution is -0.110. The lowest BCUT2D eigenvalue weighted by atomic mass is 10.0. The van der Waals surface area contributed by atoms with Crippen LogP contribution in [0.25, 0.3) is 0 Å². The number of allylic oxidation sites excluding steroid dienone is 2. The summed E-state index contributed by atoms with van der Waals surface area (Å²) in [4.78, 5) is 10.2. The Morgan fingerprint density at radius 3 is 2.20 bits per heavy atom. The van der Waals surface area contributed by atoms with Gasteiger partial charge in [-0.15, -0.1) is 0 Å². The van der Waals surface area contributed by atoms with Crippen LogP contribution in [0, 0.1) is 5.92 Å². The van der Waals surface area contributed by atoms with E-state index >= 15 is 0 Å². The quantitative estimate of drug-likeness (QED) is 0.435. The molecule has 0 rings (SSSR count). The van der Waals surface area contributed by atoms with Crippen LogP contribution in [0.4, 0.5) is 0 Å². The zero-order valence-corrected chi connectivity index (χ0v) is 7.27. The van der Waals surface area contributed by atoms with E-state index in [2.05, 4.69) is 20.8 Å². The largest absolute Gasteiger partial charge is 0.303 e. The molecular weight excluding hydrogens is 124 g/mol. The Morgan fingerprint density at radius 2 is 1.90 bits per heavy atom. The molecule has 1 atom stereocenters. The van der Waals surface area contributed by atoms with E-state index in [1.807, 2.05) is 6.92 Å². The Labute approximate surface area is 63.1 Å². The SMILES string of the molecule is CC(C)=C(C)CC(C)C=O. The van der Waals surface area contributed by atoms with Crippen molar-refractivity contribution in [2.24, 2.45) is 5.92 Å². The zero-order valence-electron chi connectivity index (χ0n) is 7.27. The first-order valence-electron chi connectivity index (χ1n) is 3.66. The van der Waals surface area contributed by atoms with Gasteiger partial charge in [0.15, 0.2) is 0 Å². The highest BCUT2D eigenvalue weighted by atomic mass is 16.1. The summed E-state index contributed by atoms with van der Waals surface area (Å²) in [5.74, 6) is 0.176. The molecular formula is C9H16O. The van der Waals surface area contributed by atoms with Crippen molar-refractivity contribution in [3.8, 4) is 0 Å². The molecule has 0 fully saturated rings. The molecule has 1 unspecified atom stereocenters. The van der Waals surface area contributed by atoms with Gasteiger partial charge in [-0.05, 0) is 27.2 Å². The molecule has 58 valence electrons. The summed E-state index contributed by atoms with van der Waals surface area (Å²) in [6, 6.07) is 0. The minimum absolute atomic E-state index is 0.176. The fraction of sp³-hybridized carbons (Fsp3) is 0.667. The summed E-state index contributed by atoms with van der Waals surface area (Å²) in [7, 11) is 0. The van der Waals surface area contributed by atoms with Gasteiger partial charge in [-0.3, -0.25) is 0 Å². The average Bonchev–Trinajstić information content (AvgIpc) is 1.87. The summed E-state index contributed by atoms with van der Waals surface area (Å²) in [5, 5.41) is 0. The van der Waals surface area contributed by atoms with Crippen LogP contribution in [0.2, 0.25) is 0 Å². The third-order valence-corrected chi connectivity index (χ3v) is 1.71. The molecule has 0 radical (unpaired) electrons. The molecule has 0 N–H and O–H groups in total. The summed E-state index contributed by atoms with van der Waals surface area (Å²) < 4.78 is 0. The van der Waals surface area contributed by atoms with E-state index in [1.165, 1.54) is 11.1 Å². The number of aldehydes is 1. The third kappa shape index (κ3) is 3.44. The van der Waals surface area contributed by atoms with Gasteiger partial charge in [0.2, 0.25) is 0 Å². The van der Waals surface area contributed by atoms with Gasteiger partial charge in [-0.25, -0.2) is 0 Å². The van der Waals surface area contributed by atoms with Gasteiger partial charge in [0.05, 0.1) is 0 Å². The first-order chi connectivity index (χ1) is 4.57. The third-order valence-electron chi connectivity index (χ3n) is 1.71. The molecule has 1 heteroatoms. The second kappa shape index (κ2) is 4.26. The first-order valence-corrected chi connectivity index (χ1v) is 3.66. The van der Waals surface area contributed by atoms with E-state index in [0.717, 1.165) is 12.7 Å². The van der Waals surface area contributed by atoms with Crippen molar-refractivity contribution in [2.45, 2.75) is 34.1 Å². The number of hydrogen-bond donors (Lipinski definition) is 0. The predicted octanol–water partition coefficient (Wildman–Crippen LogP) is 2.57. The average molecular weight is 140 g/mol. The van der Waals surface area contributed by atoms with Crippen LogP contribution in [-0.2, 0) is 4.79 Å². The van der Waals surface area contributed by atoms with E-state index in [1.54, 1.807) is 0 Å². The topological polar surface area (TPSA) is 17.1 Å². The smallest absolute Gasteiger partial charge is 0.123 e. The minimum atomic E-state index is 0.176. The van der Waals surface area contributed by atoms with Crippen molar-refractivity contribution in [3.05, 3.63) is 11.1 Å². The van der Waals surface area contributed by atoms with Crippen molar-refractivity contribution >= 4 is 6.29 Å². The van der Waals surface area contributed by atoms with Crippen molar-refractivity contribution in [2.75, 3.05) is 0 Å². The van der Waals surface area contributed by atoms with Gasteiger partial charge in [0.25, 0.3) is 0 Å². The molecule has 0 aliphatic carbocycles. The summed E-state index contributed by atoms with van der Waals surface area (Å²) in [5.41, 5.74) is 2.66. The normalized spacial score (nSPS) is 12.4. The van der Waals surface area contributed by atoms with E-state index in [4.69, 9.17) is 0 Å². The summed E-state index contributed by atoms with van der Waals surface area (Å²) in [6.07, 6.45) is 1.91. The van der Waals surface area contributed by atoms with Crippen LogP contribution in [-0.4, -0.2) is 6.29 Å². The van der Waals surface area contributed by atoms with Gasteiger partial charge >= 0.3 is 0 Å². The van der Waals surface area contributed by atoms with Gasteiger partial charge in [0.1, 0.15) is 6.29 Å². The number of rotatable bonds is 3. The molecule has 0 saturated carbocycles. The Bertz CT molecular complexity index is 141. The van der Waals surface area contributed by atoms with Crippen LogP contribution in [0.1, 0.15) is 34.1 Å². The van der Waals surface area contributed by atoms with Crippen molar-refractivity contribution in [1.82, 2.24) is 0 Å². The highest BCUT2D eigenvalue weighted by molar-refractivity contribution is 5.53. The van der Waals surface area contributed by atoms with Crippen LogP contribution >= 0.6 is 0 Å². The number of carbonyl (C=O) groups excluding carboxylic acids is 1. The van der Waals surface area contributed by atoms with Crippen molar-refractivity contribution in [3.63, 3.8) is 0 Å². The Morgan fingerprint density at radius 1 is 1.40 bits per heavy atom. The van der Waals surface area contributed by atoms with Gasteiger partial charge < -0.3 is 4.79 Å². The number of carbonyl (C=O) groups is 1. The van der Waals surface area contributed by atoms with Gasteiger partial charge in [0, 0.05) is 5.92 Å². The fourth-order valence-corrected chi connectivity index (χ4v) is 0.735. The molecule has 0 amide bonds. The molecule has 0 aliphatic rings. The maximum absolute atomic E-state index is 10.2. The molecule has 0 spiro atoms. The summed E-state index contributed by atoms with van der Waals surface area (Å²) >= 11 is 0. The van der Waals surface area contributed by atoms with Crippen molar-refractivity contribution in [1.29, 1.82) is 0 Å². The molecule has 0 aromatic rings. The van der Waals surface area contributed by atoms with Gasteiger partial charge in [-0.2, -0.15) is 0 Å². The Balaban J connectivity index is 3.91. The number of hydrogen-bond acceptors (Lipinski definition) is 1.